The standard InChI is InChI=1S/C18H21N3OS/c1-12-20-15(13-5-3-2-4-6-13)17(23-12)21-16(22)14-11-18(14)7-9-19-10-8-18/h2-6,14,19H,7-11H2,1H3,(H,21,22). The van der Waals surface area contributed by atoms with Gasteiger partial charge in [0.25, 0.3) is 0 Å². The van der Waals surface area contributed by atoms with E-state index in [4.69, 9.17) is 0 Å². The van der Waals surface area contributed by atoms with E-state index >= 15 is 0 Å². The summed E-state index contributed by atoms with van der Waals surface area (Å²) in [5.74, 6) is 0.350. The predicted octanol–water partition coefficient (Wildman–Crippen LogP) is 3.45. The van der Waals surface area contributed by atoms with Gasteiger partial charge in [-0.3, -0.25) is 4.79 Å². The lowest BCUT2D eigenvalue weighted by Gasteiger charge is -2.23. The molecular weight excluding hydrogens is 306 g/mol. The fraction of sp³-hybridized carbons (Fsp3) is 0.444. The average Bonchev–Trinajstić information content (AvgIpc) is 3.13. The Balaban J connectivity index is 1.52. The van der Waals surface area contributed by atoms with Gasteiger partial charge in [0.1, 0.15) is 10.7 Å². The average molecular weight is 327 g/mol. The zero-order chi connectivity index (χ0) is 15.9. The van der Waals surface area contributed by atoms with Gasteiger partial charge in [-0.05, 0) is 44.7 Å². The lowest BCUT2D eigenvalue weighted by atomic mass is 9.92. The highest BCUT2D eigenvalue weighted by Gasteiger charge is 2.57. The minimum Gasteiger partial charge on any atom is -0.317 e. The number of hydrogen-bond donors (Lipinski definition) is 2. The summed E-state index contributed by atoms with van der Waals surface area (Å²) in [5.41, 5.74) is 2.21. The fourth-order valence-corrected chi connectivity index (χ4v) is 4.54. The van der Waals surface area contributed by atoms with Crippen molar-refractivity contribution >= 4 is 22.2 Å². The second-order valence-electron chi connectivity index (χ2n) is 6.63. The molecule has 1 aliphatic carbocycles. The molecule has 1 spiro atoms. The van der Waals surface area contributed by atoms with Crippen LogP contribution >= 0.6 is 11.3 Å². The van der Waals surface area contributed by atoms with Crippen molar-refractivity contribution in [3.8, 4) is 11.3 Å². The Morgan fingerprint density at radius 1 is 1.30 bits per heavy atom. The summed E-state index contributed by atoms with van der Waals surface area (Å²) in [6.45, 7) is 4.07. The van der Waals surface area contributed by atoms with E-state index in [1.165, 1.54) is 0 Å². The van der Waals surface area contributed by atoms with Gasteiger partial charge in [0.05, 0.1) is 5.01 Å². The van der Waals surface area contributed by atoms with Crippen LogP contribution in [0.1, 0.15) is 24.3 Å². The summed E-state index contributed by atoms with van der Waals surface area (Å²) in [5, 5.41) is 8.41. The number of thiazole rings is 1. The van der Waals surface area contributed by atoms with E-state index < -0.39 is 0 Å². The molecule has 5 heteroatoms. The van der Waals surface area contributed by atoms with Gasteiger partial charge >= 0.3 is 0 Å². The minimum absolute atomic E-state index is 0.174. The highest BCUT2D eigenvalue weighted by atomic mass is 32.1. The van der Waals surface area contributed by atoms with Gasteiger partial charge in [0.15, 0.2) is 0 Å². The van der Waals surface area contributed by atoms with E-state index in [2.05, 4.69) is 15.6 Å². The van der Waals surface area contributed by atoms with Gasteiger partial charge in [-0.2, -0.15) is 0 Å². The van der Waals surface area contributed by atoms with Gasteiger partial charge in [-0.25, -0.2) is 4.98 Å². The molecule has 23 heavy (non-hydrogen) atoms. The maximum Gasteiger partial charge on any atom is 0.228 e. The molecule has 1 saturated heterocycles. The van der Waals surface area contributed by atoms with Gasteiger partial charge < -0.3 is 10.6 Å². The van der Waals surface area contributed by atoms with Crippen LogP contribution in [0.2, 0.25) is 0 Å². The highest BCUT2D eigenvalue weighted by molar-refractivity contribution is 7.16. The van der Waals surface area contributed by atoms with Crippen molar-refractivity contribution < 1.29 is 4.79 Å². The van der Waals surface area contributed by atoms with E-state index in [0.717, 1.165) is 53.6 Å². The molecule has 2 aliphatic rings. The number of nitrogens with one attached hydrogen (secondary N) is 2. The molecule has 2 fully saturated rings. The Kier molecular flexibility index (Phi) is 3.70. The molecule has 1 amide bonds. The molecule has 1 unspecified atom stereocenters. The summed E-state index contributed by atoms with van der Waals surface area (Å²) in [6.07, 6.45) is 3.29. The topological polar surface area (TPSA) is 54.0 Å². The number of carbonyl (C=O) groups is 1. The van der Waals surface area contributed by atoms with Crippen molar-refractivity contribution in [3.05, 3.63) is 35.3 Å². The Morgan fingerprint density at radius 3 is 2.78 bits per heavy atom. The monoisotopic (exact) mass is 327 g/mol. The van der Waals surface area contributed by atoms with Crippen LogP contribution in [0.15, 0.2) is 30.3 Å². The number of hydrogen-bond acceptors (Lipinski definition) is 4. The van der Waals surface area contributed by atoms with E-state index in [-0.39, 0.29) is 17.2 Å². The van der Waals surface area contributed by atoms with Crippen molar-refractivity contribution in [2.45, 2.75) is 26.2 Å². The molecule has 4 rings (SSSR count). The van der Waals surface area contributed by atoms with Gasteiger partial charge in [-0.1, -0.05) is 30.3 Å². The minimum atomic E-state index is 0.174. The predicted molar refractivity (Wildman–Crippen MR) is 93.6 cm³/mol. The quantitative estimate of drug-likeness (QED) is 0.908. The van der Waals surface area contributed by atoms with Crippen molar-refractivity contribution in [1.29, 1.82) is 0 Å². The molecule has 2 N–H and O–H groups in total. The molecule has 2 heterocycles. The second-order valence-corrected chi connectivity index (χ2v) is 7.84. The van der Waals surface area contributed by atoms with Crippen LogP contribution in [0.3, 0.4) is 0 Å². The number of aromatic nitrogens is 1. The molecule has 1 aromatic heterocycles. The normalized spacial score (nSPS) is 22.0. The molecule has 1 atom stereocenters. The molecular formula is C18H21N3OS. The zero-order valence-corrected chi connectivity index (χ0v) is 14.1. The van der Waals surface area contributed by atoms with E-state index in [1.54, 1.807) is 11.3 Å². The smallest absolute Gasteiger partial charge is 0.228 e. The molecule has 1 aliphatic heterocycles. The Hall–Kier alpha value is -1.72. The Morgan fingerprint density at radius 2 is 2.04 bits per heavy atom. The van der Waals surface area contributed by atoms with Crippen molar-refractivity contribution in [1.82, 2.24) is 10.3 Å². The van der Waals surface area contributed by atoms with Crippen molar-refractivity contribution in [3.63, 3.8) is 0 Å². The van der Waals surface area contributed by atoms with Gasteiger partial charge in [0.2, 0.25) is 5.91 Å². The number of carbonyl (C=O) groups excluding carboxylic acids is 1. The Labute approximate surface area is 140 Å². The van der Waals surface area contributed by atoms with Crippen LogP contribution in [0, 0.1) is 18.3 Å². The first-order valence-corrected chi connectivity index (χ1v) is 9.04. The molecule has 120 valence electrons. The summed E-state index contributed by atoms with van der Waals surface area (Å²) in [7, 11) is 0. The van der Waals surface area contributed by atoms with Crippen LogP contribution in [0.4, 0.5) is 5.00 Å². The highest BCUT2D eigenvalue weighted by Crippen LogP contribution is 2.59. The SMILES string of the molecule is Cc1nc(-c2ccccc2)c(NC(=O)C2CC23CCNCC3)s1. The zero-order valence-electron chi connectivity index (χ0n) is 13.3. The first-order valence-electron chi connectivity index (χ1n) is 8.22. The molecule has 0 bridgehead atoms. The summed E-state index contributed by atoms with van der Waals surface area (Å²) in [6, 6.07) is 10.1. The molecule has 1 saturated carbocycles. The van der Waals surface area contributed by atoms with E-state index in [1.807, 2.05) is 37.3 Å². The maximum atomic E-state index is 12.7. The number of rotatable bonds is 3. The molecule has 2 aromatic rings. The van der Waals surface area contributed by atoms with Crippen LogP contribution in [-0.4, -0.2) is 24.0 Å². The third kappa shape index (κ3) is 2.79. The first-order chi connectivity index (χ1) is 11.2. The lowest BCUT2D eigenvalue weighted by molar-refractivity contribution is -0.118. The molecule has 0 radical (unpaired) electrons. The number of amides is 1. The number of benzene rings is 1. The fourth-order valence-electron chi connectivity index (χ4n) is 3.70. The summed E-state index contributed by atoms with van der Waals surface area (Å²) < 4.78 is 0. The number of anilines is 1. The van der Waals surface area contributed by atoms with Crippen LogP contribution in [-0.2, 0) is 4.79 Å². The number of piperidine rings is 1. The lowest BCUT2D eigenvalue weighted by Crippen LogP contribution is -2.31. The third-order valence-corrected chi connectivity index (χ3v) is 6.01. The van der Waals surface area contributed by atoms with Crippen LogP contribution < -0.4 is 10.6 Å². The van der Waals surface area contributed by atoms with Crippen molar-refractivity contribution in [2.75, 3.05) is 18.4 Å². The van der Waals surface area contributed by atoms with E-state index in [0.29, 0.717) is 0 Å². The summed E-state index contributed by atoms with van der Waals surface area (Å²) in [4.78, 5) is 17.3. The second kappa shape index (κ2) is 5.73. The van der Waals surface area contributed by atoms with Crippen LogP contribution in [0.5, 0.6) is 0 Å². The Bertz CT molecular complexity index is 719. The maximum absolute atomic E-state index is 12.7. The van der Waals surface area contributed by atoms with Gasteiger partial charge in [-0.15, -0.1) is 11.3 Å². The molecule has 1 aromatic carbocycles. The third-order valence-electron chi connectivity index (χ3n) is 5.12. The molecule has 4 nitrogen and oxygen atoms in total. The summed E-state index contributed by atoms with van der Waals surface area (Å²) >= 11 is 1.56. The number of aryl methyl sites for hydroxylation is 1. The number of nitrogens with zero attached hydrogens (tertiary/aromatic N) is 1. The van der Waals surface area contributed by atoms with Gasteiger partial charge in [0, 0.05) is 11.5 Å². The largest absolute Gasteiger partial charge is 0.317 e. The first kappa shape index (κ1) is 14.8. The van der Waals surface area contributed by atoms with Crippen LogP contribution in [0.25, 0.3) is 11.3 Å². The van der Waals surface area contributed by atoms with E-state index in [9.17, 15) is 4.79 Å². The van der Waals surface area contributed by atoms with Crippen molar-refractivity contribution in [2.24, 2.45) is 11.3 Å².